The highest BCUT2D eigenvalue weighted by Gasteiger charge is 2.01. The molecule has 0 unspecified atom stereocenters. The average molecular weight is 235 g/mol. The monoisotopic (exact) mass is 235 g/mol. The highest BCUT2D eigenvalue weighted by molar-refractivity contribution is 5.28. The van der Waals surface area contributed by atoms with Gasteiger partial charge in [-0.1, -0.05) is 6.07 Å². The quantitative estimate of drug-likeness (QED) is 0.814. The standard InChI is InChI=1S/C13H11F2NO/c1-9-2-3-12(5-13(9)15)17-8-10-4-11(14)7-16-6-10/h2-7H,8H2,1H3. The van der Waals surface area contributed by atoms with Crippen LogP contribution in [0.5, 0.6) is 5.75 Å². The molecule has 0 aliphatic carbocycles. The number of aromatic nitrogens is 1. The molecule has 1 aromatic carbocycles. The molecule has 0 aliphatic rings. The van der Waals surface area contributed by atoms with Crippen LogP contribution in [0.1, 0.15) is 11.1 Å². The van der Waals surface area contributed by atoms with E-state index in [1.807, 2.05) is 0 Å². The van der Waals surface area contributed by atoms with Crippen LogP contribution in [0.3, 0.4) is 0 Å². The summed E-state index contributed by atoms with van der Waals surface area (Å²) in [4.78, 5) is 3.70. The molecule has 0 radical (unpaired) electrons. The molecule has 0 atom stereocenters. The Labute approximate surface area is 97.9 Å². The molecule has 1 aromatic heterocycles. The van der Waals surface area contributed by atoms with Crippen LogP contribution in [0.4, 0.5) is 8.78 Å². The van der Waals surface area contributed by atoms with Gasteiger partial charge in [-0.2, -0.15) is 0 Å². The van der Waals surface area contributed by atoms with Gasteiger partial charge in [-0.3, -0.25) is 4.98 Å². The molecular weight excluding hydrogens is 224 g/mol. The Morgan fingerprint density at radius 3 is 2.71 bits per heavy atom. The molecule has 0 saturated heterocycles. The first-order chi connectivity index (χ1) is 8.15. The maximum Gasteiger partial charge on any atom is 0.141 e. The number of benzene rings is 1. The third-order valence-corrected chi connectivity index (χ3v) is 2.31. The third kappa shape index (κ3) is 3.00. The van der Waals surface area contributed by atoms with Crippen LogP contribution < -0.4 is 4.74 Å². The van der Waals surface area contributed by atoms with Gasteiger partial charge in [0, 0.05) is 17.8 Å². The van der Waals surface area contributed by atoms with Crippen molar-refractivity contribution in [3.05, 3.63) is 59.4 Å². The van der Waals surface area contributed by atoms with Crippen molar-refractivity contribution in [3.8, 4) is 5.75 Å². The zero-order valence-electron chi connectivity index (χ0n) is 9.28. The van der Waals surface area contributed by atoms with Gasteiger partial charge in [-0.05, 0) is 24.6 Å². The molecule has 0 spiro atoms. The SMILES string of the molecule is Cc1ccc(OCc2cncc(F)c2)cc1F. The normalized spacial score (nSPS) is 10.3. The summed E-state index contributed by atoms with van der Waals surface area (Å²) in [6.07, 6.45) is 2.63. The largest absolute Gasteiger partial charge is 0.489 e. The fourth-order valence-electron chi connectivity index (χ4n) is 1.36. The van der Waals surface area contributed by atoms with E-state index in [0.717, 1.165) is 6.20 Å². The summed E-state index contributed by atoms with van der Waals surface area (Å²) in [6.45, 7) is 1.84. The van der Waals surface area contributed by atoms with Crippen LogP contribution in [0.2, 0.25) is 0 Å². The Bertz CT molecular complexity index is 529. The van der Waals surface area contributed by atoms with Gasteiger partial charge < -0.3 is 4.74 Å². The Kier molecular flexibility index (Phi) is 3.32. The van der Waals surface area contributed by atoms with E-state index in [0.29, 0.717) is 16.9 Å². The number of hydrogen-bond donors (Lipinski definition) is 0. The summed E-state index contributed by atoms with van der Waals surface area (Å²) < 4.78 is 31.4. The lowest BCUT2D eigenvalue weighted by Crippen LogP contribution is -1.97. The van der Waals surface area contributed by atoms with Crippen molar-refractivity contribution >= 4 is 0 Å². The predicted molar refractivity (Wildman–Crippen MR) is 59.7 cm³/mol. The van der Waals surface area contributed by atoms with E-state index in [4.69, 9.17) is 4.74 Å². The fraction of sp³-hybridized carbons (Fsp3) is 0.154. The second-order valence-corrected chi connectivity index (χ2v) is 3.71. The molecule has 4 heteroatoms. The second kappa shape index (κ2) is 4.91. The smallest absolute Gasteiger partial charge is 0.141 e. The van der Waals surface area contributed by atoms with Crippen molar-refractivity contribution in [1.29, 1.82) is 0 Å². The van der Waals surface area contributed by atoms with Crippen LogP contribution in [-0.4, -0.2) is 4.98 Å². The molecule has 0 N–H and O–H groups in total. The average Bonchev–Trinajstić information content (AvgIpc) is 2.31. The van der Waals surface area contributed by atoms with Gasteiger partial charge in [-0.25, -0.2) is 8.78 Å². The molecule has 0 bridgehead atoms. The first kappa shape index (κ1) is 11.5. The maximum atomic E-state index is 13.2. The molecule has 88 valence electrons. The maximum absolute atomic E-state index is 13.2. The highest BCUT2D eigenvalue weighted by Crippen LogP contribution is 2.17. The lowest BCUT2D eigenvalue weighted by Gasteiger charge is -2.06. The minimum atomic E-state index is -0.416. The third-order valence-electron chi connectivity index (χ3n) is 2.31. The van der Waals surface area contributed by atoms with Gasteiger partial charge in [-0.15, -0.1) is 0 Å². The Morgan fingerprint density at radius 1 is 1.18 bits per heavy atom. The molecule has 2 rings (SSSR count). The first-order valence-electron chi connectivity index (χ1n) is 5.13. The van der Waals surface area contributed by atoms with E-state index in [-0.39, 0.29) is 12.4 Å². The molecular formula is C13H11F2NO. The van der Waals surface area contributed by atoms with E-state index < -0.39 is 5.82 Å². The summed E-state index contributed by atoms with van der Waals surface area (Å²) in [5.41, 5.74) is 1.16. The van der Waals surface area contributed by atoms with Crippen molar-refractivity contribution in [1.82, 2.24) is 4.98 Å². The van der Waals surface area contributed by atoms with Crippen molar-refractivity contribution in [2.24, 2.45) is 0 Å². The highest BCUT2D eigenvalue weighted by atomic mass is 19.1. The molecule has 1 heterocycles. The topological polar surface area (TPSA) is 22.1 Å². The number of ether oxygens (including phenoxy) is 1. The van der Waals surface area contributed by atoms with E-state index in [1.165, 1.54) is 18.3 Å². The number of halogens is 2. The predicted octanol–water partition coefficient (Wildman–Crippen LogP) is 3.25. The molecule has 0 amide bonds. The minimum absolute atomic E-state index is 0.160. The van der Waals surface area contributed by atoms with Gasteiger partial charge in [0.25, 0.3) is 0 Å². The van der Waals surface area contributed by atoms with Crippen LogP contribution >= 0.6 is 0 Å². The molecule has 17 heavy (non-hydrogen) atoms. The van der Waals surface area contributed by atoms with Gasteiger partial charge in [0.2, 0.25) is 0 Å². The number of pyridine rings is 1. The summed E-state index contributed by atoms with van der Waals surface area (Å²) in [7, 11) is 0. The van der Waals surface area contributed by atoms with Crippen LogP contribution in [0.25, 0.3) is 0 Å². The second-order valence-electron chi connectivity index (χ2n) is 3.71. The zero-order valence-corrected chi connectivity index (χ0v) is 9.28. The molecule has 0 saturated carbocycles. The fourth-order valence-corrected chi connectivity index (χ4v) is 1.36. The van der Waals surface area contributed by atoms with Gasteiger partial charge in [0.05, 0.1) is 6.20 Å². The summed E-state index contributed by atoms with van der Waals surface area (Å²) >= 11 is 0. The first-order valence-corrected chi connectivity index (χ1v) is 5.13. The van der Waals surface area contributed by atoms with Gasteiger partial charge in [0.1, 0.15) is 24.0 Å². The van der Waals surface area contributed by atoms with Crippen molar-refractivity contribution in [3.63, 3.8) is 0 Å². The summed E-state index contributed by atoms with van der Waals surface area (Å²) in [6, 6.07) is 5.94. The Balaban J connectivity index is 2.05. The van der Waals surface area contributed by atoms with Gasteiger partial charge in [0.15, 0.2) is 0 Å². The molecule has 0 aliphatic heterocycles. The molecule has 2 aromatic rings. The zero-order chi connectivity index (χ0) is 12.3. The van der Waals surface area contributed by atoms with Crippen LogP contribution in [0, 0.1) is 18.6 Å². The van der Waals surface area contributed by atoms with Gasteiger partial charge >= 0.3 is 0 Å². The van der Waals surface area contributed by atoms with E-state index in [1.54, 1.807) is 19.1 Å². The van der Waals surface area contributed by atoms with Crippen LogP contribution in [0.15, 0.2) is 36.7 Å². The van der Waals surface area contributed by atoms with Crippen molar-refractivity contribution < 1.29 is 13.5 Å². The minimum Gasteiger partial charge on any atom is -0.489 e. The molecule has 2 nitrogen and oxygen atoms in total. The van der Waals surface area contributed by atoms with Crippen molar-refractivity contribution in [2.75, 3.05) is 0 Å². The van der Waals surface area contributed by atoms with E-state index in [9.17, 15) is 8.78 Å². The Morgan fingerprint density at radius 2 is 2.00 bits per heavy atom. The van der Waals surface area contributed by atoms with E-state index in [2.05, 4.69) is 4.98 Å². The Hall–Kier alpha value is -1.97. The molecule has 0 fully saturated rings. The van der Waals surface area contributed by atoms with Crippen molar-refractivity contribution in [2.45, 2.75) is 13.5 Å². The lowest BCUT2D eigenvalue weighted by atomic mass is 10.2. The summed E-state index contributed by atoms with van der Waals surface area (Å²) in [5.74, 6) is -0.321. The number of nitrogens with zero attached hydrogens (tertiary/aromatic N) is 1. The van der Waals surface area contributed by atoms with E-state index >= 15 is 0 Å². The van der Waals surface area contributed by atoms with Crippen LogP contribution in [-0.2, 0) is 6.61 Å². The number of hydrogen-bond acceptors (Lipinski definition) is 2. The lowest BCUT2D eigenvalue weighted by molar-refractivity contribution is 0.303. The number of rotatable bonds is 3. The number of aryl methyl sites for hydroxylation is 1. The summed E-state index contributed by atoms with van der Waals surface area (Å²) in [5, 5.41) is 0.